The van der Waals surface area contributed by atoms with Crippen molar-refractivity contribution in [1.82, 2.24) is 0 Å². The summed E-state index contributed by atoms with van der Waals surface area (Å²) in [6.45, 7) is 0. The van der Waals surface area contributed by atoms with Crippen molar-refractivity contribution in [1.29, 1.82) is 0 Å². The number of nitro groups is 1. The Morgan fingerprint density at radius 3 is 2.45 bits per heavy atom. The lowest BCUT2D eigenvalue weighted by Crippen LogP contribution is -1.91. The number of phenolic OH excluding ortho intramolecular Hbond substituents is 2. The number of nitro benzene ring substituents is 1. The molecular weight excluding hydrogens is 284 g/mol. The molecule has 0 saturated heterocycles. The van der Waals surface area contributed by atoms with Gasteiger partial charge in [-0.3, -0.25) is 15.1 Å². The van der Waals surface area contributed by atoms with Crippen molar-refractivity contribution < 1.29 is 15.1 Å². The smallest absolute Gasteiger partial charge is 0.315 e. The first kappa shape index (κ1) is 13.8. The van der Waals surface area contributed by atoms with Crippen LogP contribution in [0.15, 0.2) is 41.4 Å². The Bertz CT molecular complexity index is 684. The highest BCUT2D eigenvalue weighted by atomic mass is 35.5. The molecule has 0 atom stereocenters. The van der Waals surface area contributed by atoms with Crippen molar-refractivity contribution in [2.45, 2.75) is 0 Å². The second-order valence-electron chi connectivity index (χ2n) is 3.90. The van der Waals surface area contributed by atoms with Gasteiger partial charge in [-0.2, -0.15) is 0 Å². The van der Waals surface area contributed by atoms with Crippen LogP contribution in [0.3, 0.4) is 0 Å². The molecule has 0 saturated carbocycles. The van der Waals surface area contributed by atoms with Crippen LogP contribution in [0.1, 0.15) is 5.56 Å². The first-order chi connectivity index (χ1) is 9.47. The Hall–Kier alpha value is -2.60. The zero-order valence-electron chi connectivity index (χ0n) is 10.0. The van der Waals surface area contributed by atoms with Crippen LogP contribution in [0.2, 0.25) is 5.02 Å². The molecule has 0 aliphatic heterocycles. The van der Waals surface area contributed by atoms with Crippen LogP contribution in [-0.4, -0.2) is 21.4 Å². The van der Waals surface area contributed by atoms with Crippen molar-refractivity contribution in [2.24, 2.45) is 4.99 Å². The van der Waals surface area contributed by atoms with Gasteiger partial charge in [-0.1, -0.05) is 11.6 Å². The fraction of sp³-hybridized carbons (Fsp3) is 0. The van der Waals surface area contributed by atoms with Crippen LogP contribution in [0, 0.1) is 10.1 Å². The molecule has 0 radical (unpaired) electrons. The maximum atomic E-state index is 10.7. The van der Waals surface area contributed by atoms with Gasteiger partial charge in [-0.15, -0.1) is 0 Å². The lowest BCUT2D eigenvalue weighted by Gasteiger charge is -2.01. The van der Waals surface area contributed by atoms with E-state index in [9.17, 15) is 20.3 Å². The first-order valence-electron chi connectivity index (χ1n) is 5.47. The van der Waals surface area contributed by atoms with Crippen LogP contribution >= 0.6 is 11.6 Å². The molecule has 2 N–H and O–H groups in total. The molecule has 0 fully saturated rings. The van der Waals surface area contributed by atoms with Gasteiger partial charge in [-0.05, 0) is 30.3 Å². The third-order valence-corrected chi connectivity index (χ3v) is 2.73. The predicted molar refractivity (Wildman–Crippen MR) is 75.1 cm³/mol. The molecule has 0 bridgehead atoms. The summed E-state index contributed by atoms with van der Waals surface area (Å²) < 4.78 is 0. The number of benzene rings is 2. The van der Waals surface area contributed by atoms with Gasteiger partial charge in [0.2, 0.25) is 5.75 Å². The number of hydrogen-bond donors (Lipinski definition) is 2. The standard InChI is InChI=1S/C13H9ClN2O4/c14-9-1-3-10(4-2-9)15-7-8-5-11(16(19)20)13(18)12(17)6-8/h1-7,17-18H. The van der Waals surface area contributed by atoms with E-state index in [4.69, 9.17) is 11.6 Å². The third-order valence-electron chi connectivity index (χ3n) is 2.48. The van der Waals surface area contributed by atoms with Crippen LogP contribution in [0.5, 0.6) is 11.5 Å². The Labute approximate surface area is 118 Å². The summed E-state index contributed by atoms with van der Waals surface area (Å²) in [4.78, 5) is 14.0. The molecule has 0 aliphatic carbocycles. The number of halogens is 1. The van der Waals surface area contributed by atoms with E-state index in [1.807, 2.05) is 0 Å². The number of aromatic hydroxyl groups is 2. The molecule has 0 amide bonds. The Morgan fingerprint density at radius 2 is 1.85 bits per heavy atom. The summed E-state index contributed by atoms with van der Waals surface area (Å²) in [7, 11) is 0. The monoisotopic (exact) mass is 292 g/mol. The molecule has 20 heavy (non-hydrogen) atoms. The first-order valence-corrected chi connectivity index (χ1v) is 5.85. The normalized spacial score (nSPS) is 10.8. The number of nitrogens with zero attached hydrogens (tertiary/aromatic N) is 2. The lowest BCUT2D eigenvalue weighted by atomic mass is 10.2. The predicted octanol–water partition coefficient (Wildman–Crippen LogP) is 3.41. The molecule has 102 valence electrons. The summed E-state index contributed by atoms with van der Waals surface area (Å²) in [6.07, 6.45) is 1.34. The van der Waals surface area contributed by atoms with Crippen molar-refractivity contribution in [3.8, 4) is 11.5 Å². The van der Waals surface area contributed by atoms with E-state index >= 15 is 0 Å². The average molecular weight is 293 g/mol. The van der Waals surface area contributed by atoms with Gasteiger partial charge in [0.1, 0.15) is 0 Å². The van der Waals surface area contributed by atoms with E-state index in [0.29, 0.717) is 16.3 Å². The molecule has 0 spiro atoms. The summed E-state index contributed by atoms with van der Waals surface area (Å²) in [5.74, 6) is -1.34. The molecule has 2 aromatic carbocycles. The summed E-state index contributed by atoms with van der Waals surface area (Å²) in [5.41, 5.74) is 0.314. The average Bonchev–Trinajstić information content (AvgIpc) is 2.41. The van der Waals surface area contributed by atoms with Crippen molar-refractivity contribution in [3.05, 3.63) is 57.1 Å². The highest BCUT2D eigenvalue weighted by molar-refractivity contribution is 6.30. The van der Waals surface area contributed by atoms with Crippen LogP contribution in [0.25, 0.3) is 0 Å². The molecule has 2 rings (SSSR count). The molecule has 0 heterocycles. The van der Waals surface area contributed by atoms with Crippen LogP contribution in [0.4, 0.5) is 11.4 Å². The van der Waals surface area contributed by atoms with Gasteiger partial charge in [-0.25, -0.2) is 0 Å². The van der Waals surface area contributed by atoms with Gasteiger partial charge in [0.05, 0.1) is 10.6 Å². The van der Waals surface area contributed by atoms with Crippen molar-refractivity contribution in [2.75, 3.05) is 0 Å². The fourth-order valence-corrected chi connectivity index (χ4v) is 1.64. The maximum Gasteiger partial charge on any atom is 0.315 e. The van der Waals surface area contributed by atoms with E-state index in [0.717, 1.165) is 6.07 Å². The highest BCUT2D eigenvalue weighted by Gasteiger charge is 2.18. The molecular formula is C13H9ClN2O4. The van der Waals surface area contributed by atoms with E-state index < -0.39 is 22.1 Å². The fourth-order valence-electron chi connectivity index (χ4n) is 1.52. The lowest BCUT2D eigenvalue weighted by molar-refractivity contribution is -0.386. The maximum absolute atomic E-state index is 10.7. The highest BCUT2D eigenvalue weighted by Crippen LogP contribution is 2.35. The zero-order chi connectivity index (χ0) is 14.7. The number of rotatable bonds is 3. The summed E-state index contributed by atoms with van der Waals surface area (Å²) >= 11 is 5.73. The number of aliphatic imine (C=N–C) groups is 1. The van der Waals surface area contributed by atoms with Crippen LogP contribution < -0.4 is 0 Å². The van der Waals surface area contributed by atoms with E-state index in [1.165, 1.54) is 12.3 Å². The summed E-state index contributed by atoms with van der Waals surface area (Å²) in [5, 5.41) is 30.1. The quantitative estimate of drug-likeness (QED) is 0.392. The molecule has 0 aliphatic rings. The van der Waals surface area contributed by atoms with E-state index in [-0.39, 0.29) is 0 Å². The van der Waals surface area contributed by atoms with Gasteiger partial charge < -0.3 is 10.2 Å². The van der Waals surface area contributed by atoms with Gasteiger partial charge >= 0.3 is 5.69 Å². The molecule has 7 heteroatoms. The molecule has 2 aromatic rings. The molecule has 0 unspecified atom stereocenters. The van der Waals surface area contributed by atoms with Gasteiger partial charge in [0.25, 0.3) is 0 Å². The molecule has 6 nitrogen and oxygen atoms in total. The van der Waals surface area contributed by atoms with Crippen molar-refractivity contribution >= 4 is 29.2 Å². The number of hydrogen-bond acceptors (Lipinski definition) is 5. The minimum atomic E-state index is -0.783. The topological polar surface area (TPSA) is 96.0 Å². The Kier molecular flexibility index (Phi) is 3.86. The van der Waals surface area contributed by atoms with E-state index in [1.54, 1.807) is 24.3 Å². The second-order valence-corrected chi connectivity index (χ2v) is 4.34. The minimum Gasteiger partial charge on any atom is -0.504 e. The number of phenols is 2. The van der Waals surface area contributed by atoms with Crippen molar-refractivity contribution in [3.63, 3.8) is 0 Å². The second kappa shape index (κ2) is 5.58. The minimum absolute atomic E-state index is 0.293. The van der Waals surface area contributed by atoms with Crippen LogP contribution in [-0.2, 0) is 0 Å². The Morgan fingerprint density at radius 1 is 1.20 bits per heavy atom. The third kappa shape index (κ3) is 3.04. The zero-order valence-corrected chi connectivity index (χ0v) is 10.8. The SMILES string of the molecule is O=[N+]([O-])c1cc(C=Nc2ccc(Cl)cc2)cc(O)c1O. The van der Waals surface area contributed by atoms with Gasteiger partial charge in [0, 0.05) is 22.9 Å². The van der Waals surface area contributed by atoms with E-state index in [2.05, 4.69) is 4.99 Å². The summed E-state index contributed by atoms with van der Waals surface area (Å²) in [6, 6.07) is 8.97. The largest absolute Gasteiger partial charge is 0.504 e. The Balaban J connectivity index is 2.34. The van der Waals surface area contributed by atoms with Gasteiger partial charge in [0.15, 0.2) is 5.75 Å². The molecule has 0 aromatic heterocycles.